The monoisotopic (exact) mass is 436 g/mol. The van der Waals surface area contributed by atoms with E-state index in [4.69, 9.17) is 0 Å². The first-order valence-corrected chi connectivity index (χ1v) is 11.0. The molecule has 8 amide bonds. The Hall–Kier alpha value is -2.92. The maximum absolute atomic E-state index is 13.2. The lowest BCUT2D eigenvalue weighted by atomic mass is 10.3. The van der Waals surface area contributed by atoms with Crippen LogP contribution in [0.25, 0.3) is 0 Å². The first-order chi connectivity index (χ1) is 14.7. The topological polar surface area (TPSA) is 94.2 Å². The number of amides is 8. The fourth-order valence-corrected chi connectivity index (χ4v) is 5.50. The molecule has 0 spiro atoms. The molecule has 12 nitrogen and oxygen atoms in total. The minimum absolute atomic E-state index is 0.0113. The molecule has 4 heterocycles. The van der Waals surface area contributed by atoms with Crippen LogP contribution in [0.2, 0.25) is 0 Å². The summed E-state index contributed by atoms with van der Waals surface area (Å²) in [5.74, 6) is 0. The van der Waals surface area contributed by atoms with E-state index in [1.807, 2.05) is 27.7 Å². The van der Waals surface area contributed by atoms with E-state index in [2.05, 4.69) is 0 Å². The summed E-state index contributed by atoms with van der Waals surface area (Å²) >= 11 is 0. The zero-order chi connectivity index (χ0) is 22.8. The van der Waals surface area contributed by atoms with Gasteiger partial charge in [-0.25, -0.2) is 19.2 Å². The lowest BCUT2D eigenvalue weighted by Gasteiger charge is -2.35. The second kappa shape index (κ2) is 7.34. The molecular formula is C19H32N8O4. The van der Waals surface area contributed by atoms with Crippen LogP contribution in [0.1, 0.15) is 27.7 Å². The molecule has 0 saturated carbocycles. The lowest BCUT2D eigenvalue weighted by Crippen LogP contribution is -2.55. The average molecular weight is 437 g/mol. The zero-order valence-corrected chi connectivity index (χ0v) is 19.1. The Morgan fingerprint density at radius 2 is 0.774 bits per heavy atom. The molecule has 4 aliphatic heterocycles. The number of hydrogen-bond donors (Lipinski definition) is 0. The van der Waals surface area contributed by atoms with Gasteiger partial charge in [0.2, 0.25) is 0 Å². The number of nitrogens with zero attached hydrogens (tertiary/aromatic N) is 8. The van der Waals surface area contributed by atoms with Crippen LogP contribution in [0, 0.1) is 0 Å². The van der Waals surface area contributed by atoms with Gasteiger partial charge in [-0.1, -0.05) is 0 Å². The van der Waals surface area contributed by atoms with Crippen molar-refractivity contribution in [2.75, 3.05) is 46.9 Å². The van der Waals surface area contributed by atoms with Crippen LogP contribution in [0.3, 0.4) is 0 Å². The Kier molecular flexibility index (Phi) is 5.05. The molecule has 0 aromatic rings. The Labute approximate surface area is 182 Å². The molecule has 4 unspecified atom stereocenters. The quantitative estimate of drug-likeness (QED) is 0.607. The van der Waals surface area contributed by atoms with Crippen molar-refractivity contribution in [1.82, 2.24) is 39.2 Å². The molecule has 4 aliphatic rings. The minimum Gasteiger partial charge on any atom is -0.303 e. The van der Waals surface area contributed by atoms with Crippen LogP contribution in [0.5, 0.6) is 0 Å². The van der Waals surface area contributed by atoms with Gasteiger partial charge in [0.1, 0.15) is 19.0 Å². The molecule has 0 N–H and O–H groups in total. The third-order valence-corrected chi connectivity index (χ3v) is 6.99. The first-order valence-electron chi connectivity index (χ1n) is 11.0. The van der Waals surface area contributed by atoms with Gasteiger partial charge in [0.25, 0.3) is 0 Å². The highest BCUT2D eigenvalue weighted by Crippen LogP contribution is 2.38. The number of likely N-dealkylation sites (N-methyl/N-ethyl adjacent to an activating group) is 6. The fourth-order valence-electron chi connectivity index (χ4n) is 5.50. The standard InChI is InChI=1S/C19H32N8O4/c1-7-22-12-14(24(9-3)18(22)30)26(16(28)20(12)5)11-27-15-13(21(6)17(27)29)23(8-2)19(31)25(15)10-4/h12-15H,7-11H2,1-6H3. The van der Waals surface area contributed by atoms with Crippen LogP contribution in [-0.4, -0.2) is 135 Å². The van der Waals surface area contributed by atoms with E-state index in [-0.39, 0.29) is 30.8 Å². The smallest absolute Gasteiger partial charge is 0.303 e. The second-order valence-corrected chi connectivity index (χ2v) is 8.23. The molecule has 4 atom stereocenters. The Bertz CT molecular complexity index is 744. The summed E-state index contributed by atoms with van der Waals surface area (Å²) in [6.07, 6.45) is -1.78. The van der Waals surface area contributed by atoms with Gasteiger partial charge in [0, 0.05) is 40.3 Å². The normalized spacial score (nSPS) is 30.6. The van der Waals surface area contributed by atoms with Crippen molar-refractivity contribution < 1.29 is 19.2 Å². The Morgan fingerprint density at radius 3 is 1.06 bits per heavy atom. The molecule has 172 valence electrons. The summed E-state index contributed by atoms with van der Waals surface area (Å²) in [5.41, 5.74) is 0. The average Bonchev–Trinajstić information content (AvgIpc) is 3.36. The van der Waals surface area contributed by atoms with Gasteiger partial charge in [-0.3, -0.25) is 9.80 Å². The molecule has 31 heavy (non-hydrogen) atoms. The van der Waals surface area contributed by atoms with Crippen LogP contribution in [0.4, 0.5) is 19.2 Å². The molecule has 12 heteroatoms. The number of fused-ring (bicyclic) bond motifs is 2. The second-order valence-electron chi connectivity index (χ2n) is 8.23. The van der Waals surface area contributed by atoms with Crippen LogP contribution in [-0.2, 0) is 0 Å². The molecule has 0 aromatic heterocycles. The van der Waals surface area contributed by atoms with E-state index in [9.17, 15) is 19.2 Å². The number of carbonyl (C=O) groups is 4. The van der Waals surface area contributed by atoms with Crippen molar-refractivity contribution >= 4 is 24.1 Å². The van der Waals surface area contributed by atoms with Gasteiger partial charge in [-0.15, -0.1) is 0 Å². The van der Waals surface area contributed by atoms with Crippen LogP contribution in [0.15, 0.2) is 0 Å². The van der Waals surface area contributed by atoms with Crippen molar-refractivity contribution in [3.05, 3.63) is 0 Å². The maximum Gasteiger partial charge on any atom is 0.324 e. The van der Waals surface area contributed by atoms with Crippen molar-refractivity contribution in [3.8, 4) is 0 Å². The van der Waals surface area contributed by atoms with Gasteiger partial charge in [0.05, 0.1) is 0 Å². The van der Waals surface area contributed by atoms with Gasteiger partial charge in [-0.05, 0) is 27.7 Å². The summed E-state index contributed by atoms with van der Waals surface area (Å²) in [5, 5.41) is 0. The molecule has 0 radical (unpaired) electrons. The molecule has 4 saturated heterocycles. The van der Waals surface area contributed by atoms with E-state index in [1.54, 1.807) is 53.3 Å². The van der Waals surface area contributed by atoms with Crippen molar-refractivity contribution in [1.29, 1.82) is 0 Å². The van der Waals surface area contributed by atoms with E-state index in [0.717, 1.165) is 0 Å². The predicted octanol–water partition coefficient (Wildman–Crippen LogP) is 0.538. The van der Waals surface area contributed by atoms with E-state index >= 15 is 0 Å². The highest BCUT2D eigenvalue weighted by atomic mass is 16.2. The Balaban J connectivity index is 1.68. The molecule has 0 bridgehead atoms. The maximum atomic E-state index is 13.2. The van der Waals surface area contributed by atoms with Crippen molar-refractivity contribution in [2.45, 2.75) is 52.4 Å². The molecular weight excluding hydrogens is 404 g/mol. The van der Waals surface area contributed by atoms with E-state index in [1.165, 1.54) is 0 Å². The molecule has 0 aromatic carbocycles. The molecule has 4 fully saturated rings. The lowest BCUT2D eigenvalue weighted by molar-refractivity contribution is 0.0579. The first kappa shape index (κ1) is 21.3. The van der Waals surface area contributed by atoms with Gasteiger partial charge in [-0.2, -0.15) is 0 Å². The predicted molar refractivity (Wildman–Crippen MR) is 110 cm³/mol. The van der Waals surface area contributed by atoms with Crippen LogP contribution >= 0.6 is 0 Å². The van der Waals surface area contributed by atoms with E-state index < -0.39 is 24.7 Å². The summed E-state index contributed by atoms with van der Waals surface area (Å²) in [4.78, 5) is 65.2. The number of rotatable bonds is 6. The number of carbonyl (C=O) groups excluding carboxylic acids is 4. The minimum atomic E-state index is -0.485. The SMILES string of the molecule is CCN1C(=O)N(CC)C2C1N(C)C(=O)N2CN1C(=O)N(C)C2C1N(CC)C(=O)N2CC. The number of urea groups is 4. The zero-order valence-electron chi connectivity index (χ0n) is 19.1. The van der Waals surface area contributed by atoms with Gasteiger partial charge >= 0.3 is 24.1 Å². The fraction of sp³-hybridized carbons (Fsp3) is 0.789. The number of hydrogen-bond acceptors (Lipinski definition) is 4. The molecule has 0 aliphatic carbocycles. The largest absolute Gasteiger partial charge is 0.324 e. The summed E-state index contributed by atoms with van der Waals surface area (Å²) in [6.45, 7) is 9.44. The highest BCUT2D eigenvalue weighted by molar-refractivity contribution is 5.87. The summed E-state index contributed by atoms with van der Waals surface area (Å²) < 4.78 is 0. The molecule has 4 rings (SSSR count). The third-order valence-electron chi connectivity index (χ3n) is 6.99. The van der Waals surface area contributed by atoms with Crippen molar-refractivity contribution in [2.24, 2.45) is 0 Å². The van der Waals surface area contributed by atoms with Gasteiger partial charge < -0.3 is 29.4 Å². The highest BCUT2D eigenvalue weighted by Gasteiger charge is 2.61. The van der Waals surface area contributed by atoms with Gasteiger partial charge in [0.15, 0.2) is 12.3 Å². The third kappa shape index (κ3) is 2.59. The van der Waals surface area contributed by atoms with E-state index in [0.29, 0.717) is 26.2 Å². The van der Waals surface area contributed by atoms with Crippen LogP contribution < -0.4 is 0 Å². The summed E-state index contributed by atoms with van der Waals surface area (Å²) in [7, 11) is 3.37. The summed E-state index contributed by atoms with van der Waals surface area (Å²) in [6, 6.07) is -0.706. The Morgan fingerprint density at radius 1 is 0.484 bits per heavy atom. The van der Waals surface area contributed by atoms with Crippen molar-refractivity contribution in [3.63, 3.8) is 0 Å².